The molecule has 2 aliphatic heterocycles. The van der Waals surface area contributed by atoms with Gasteiger partial charge in [-0.25, -0.2) is 0 Å². The summed E-state index contributed by atoms with van der Waals surface area (Å²) in [5, 5.41) is 33.8. The third kappa shape index (κ3) is 11.6. The summed E-state index contributed by atoms with van der Waals surface area (Å²) in [6.45, 7) is 13.3. The first-order valence-electron chi connectivity index (χ1n) is 24.1. The first-order valence-corrected chi connectivity index (χ1v) is 24.7. The second-order valence-corrected chi connectivity index (χ2v) is 20.7. The van der Waals surface area contributed by atoms with E-state index in [0.717, 1.165) is 113 Å². The third-order valence-corrected chi connectivity index (χ3v) is 14.4. The van der Waals surface area contributed by atoms with Crippen LogP contribution in [0.3, 0.4) is 0 Å². The van der Waals surface area contributed by atoms with E-state index in [1.165, 1.54) is 11.1 Å². The molecule has 5 N–H and O–H groups in total. The number of nitrogens with zero attached hydrogens (tertiary/aromatic N) is 7. The molecule has 6 aromatic rings. The lowest BCUT2D eigenvalue weighted by atomic mass is 9.76. The number of benzene rings is 2. The number of carbonyl (C=O) groups excluding carboxylic acids is 2. The molecule has 2 atom stereocenters. The van der Waals surface area contributed by atoms with Gasteiger partial charge >= 0.3 is 11.6 Å². The van der Waals surface area contributed by atoms with Crippen molar-refractivity contribution in [2.75, 3.05) is 43.9 Å². The molecule has 17 heteroatoms. The smallest absolute Gasteiger partial charge is 0.318 e. The SMILES string of the molecule is CC1(C)CCc2c(C(=O)Nc3cnn(C(c4ccccc4)C4CCNCC4)c3)n[nH]c2C1.CN1CCC(C(c2ccccc2)n2cc(NC(=O)c3n[nH]c4c3CCC(C)(C)C4)cn2)CC1.O=S=O. The molecule has 0 spiro atoms. The lowest BCUT2D eigenvalue weighted by Gasteiger charge is -2.34. The molecule has 16 nitrogen and oxygen atoms in total. The first kappa shape index (κ1) is 48.4. The van der Waals surface area contributed by atoms with Crippen LogP contribution in [0.4, 0.5) is 11.4 Å². The Morgan fingerprint density at radius 1 is 0.662 bits per heavy atom. The van der Waals surface area contributed by atoms with Gasteiger partial charge in [-0.15, -0.1) is 0 Å². The van der Waals surface area contributed by atoms with Crippen LogP contribution in [0.1, 0.15) is 133 Å². The van der Waals surface area contributed by atoms with Crippen molar-refractivity contribution in [3.8, 4) is 0 Å². The van der Waals surface area contributed by atoms with Crippen LogP contribution < -0.4 is 16.0 Å². The highest BCUT2D eigenvalue weighted by molar-refractivity contribution is 7.51. The molecule has 0 radical (unpaired) electrons. The summed E-state index contributed by atoms with van der Waals surface area (Å²) in [6, 6.07) is 21.5. The summed E-state index contributed by atoms with van der Waals surface area (Å²) in [4.78, 5) is 28.5. The second-order valence-electron chi connectivity index (χ2n) is 20.6. The lowest BCUT2D eigenvalue weighted by molar-refractivity contribution is 0.101. The van der Waals surface area contributed by atoms with Crippen LogP contribution in [-0.2, 0) is 37.3 Å². The number of likely N-dealkylation sites (tertiary alicyclic amines) is 1. The molecule has 0 bridgehead atoms. The predicted molar refractivity (Wildman–Crippen MR) is 263 cm³/mol. The Morgan fingerprint density at radius 3 is 1.50 bits per heavy atom. The van der Waals surface area contributed by atoms with Gasteiger partial charge in [0.05, 0.1) is 35.9 Å². The van der Waals surface area contributed by atoms with Crippen LogP contribution >= 0.6 is 0 Å². The van der Waals surface area contributed by atoms with Gasteiger partial charge in [-0.1, -0.05) is 88.4 Å². The number of H-pyrrole nitrogens is 2. The predicted octanol–water partition coefficient (Wildman–Crippen LogP) is 7.60. The summed E-state index contributed by atoms with van der Waals surface area (Å²) in [5.41, 5.74) is 9.77. The maximum Gasteiger partial charge on any atom is 0.335 e. The van der Waals surface area contributed by atoms with E-state index in [4.69, 9.17) is 8.42 Å². The zero-order valence-corrected chi connectivity index (χ0v) is 40.8. The van der Waals surface area contributed by atoms with Crippen LogP contribution in [0, 0.1) is 22.7 Å². The Hall–Kier alpha value is -6.04. The van der Waals surface area contributed by atoms with Gasteiger partial charge in [0.2, 0.25) is 0 Å². The Morgan fingerprint density at radius 2 is 1.07 bits per heavy atom. The van der Waals surface area contributed by atoms with Gasteiger partial charge < -0.3 is 20.9 Å². The molecule has 6 heterocycles. The van der Waals surface area contributed by atoms with E-state index in [9.17, 15) is 9.59 Å². The van der Waals surface area contributed by atoms with E-state index in [2.05, 4.69) is 141 Å². The van der Waals surface area contributed by atoms with Gasteiger partial charge in [-0.3, -0.25) is 29.2 Å². The van der Waals surface area contributed by atoms with Crippen LogP contribution in [0.25, 0.3) is 0 Å². The molecule has 4 aromatic heterocycles. The third-order valence-electron chi connectivity index (χ3n) is 14.4. The van der Waals surface area contributed by atoms with Crippen molar-refractivity contribution in [3.63, 3.8) is 0 Å². The number of hydrogen-bond donors (Lipinski definition) is 5. The van der Waals surface area contributed by atoms with Crippen molar-refractivity contribution in [2.24, 2.45) is 22.7 Å². The van der Waals surface area contributed by atoms with Gasteiger partial charge in [-0.2, -0.15) is 28.8 Å². The molecule has 2 fully saturated rings. The van der Waals surface area contributed by atoms with Crippen molar-refractivity contribution in [1.82, 2.24) is 50.2 Å². The Balaban J connectivity index is 0.000000174. The number of fused-ring (bicyclic) bond motifs is 2. The molecule has 2 saturated heterocycles. The van der Waals surface area contributed by atoms with E-state index >= 15 is 0 Å². The minimum absolute atomic E-state index is 0.157. The minimum atomic E-state index is -0.750. The molecule has 10 rings (SSSR count). The monoisotopic (exact) mass is 943 g/mol. The second kappa shape index (κ2) is 21.5. The fourth-order valence-electron chi connectivity index (χ4n) is 10.6. The van der Waals surface area contributed by atoms with Gasteiger partial charge in [0.1, 0.15) is 0 Å². The van der Waals surface area contributed by atoms with E-state index < -0.39 is 11.6 Å². The number of carbonyl (C=O) groups is 2. The summed E-state index contributed by atoms with van der Waals surface area (Å²) < 4.78 is 20.6. The number of anilines is 2. The molecule has 4 aliphatic rings. The van der Waals surface area contributed by atoms with Gasteiger partial charge in [0, 0.05) is 34.9 Å². The fourth-order valence-corrected chi connectivity index (χ4v) is 10.6. The van der Waals surface area contributed by atoms with E-state index in [0.29, 0.717) is 34.6 Å². The zero-order valence-electron chi connectivity index (χ0n) is 40.0. The van der Waals surface area contributed by atoms with E-state index in [1.54, 1.807) is 12.4 Å². The van der Waals surface area contributed by atoms with Crippen molar-refractivity contribution in [3.05, 3.63) is 130 Å². The van der Waals surface area contributed by atoms with Crippen LogP contribution in [0.5, 0.6) is 0 Å². The highest BCUT2D eigenvalue weighted by Crippen LogP contribution is 2.38. The summed E-state index contributed by atoms with van der Waals surface area (Å²) >= 11 is -0.750. The molecule has 2 unspecified atom stereocenters. The normalized spacial score (nSPS) is 18.8. The number of amides is 2. The number of hydrogen-bond acceptors (Lipinski definition) is 10. The first-order chi connectivity index (χ1) is 32.8. The maximum absolute atomic E-state index is 13.1. The van der Waals surface area contributed by atoms with Crippen molar-refractivity contribution >= 4 is 34.8 Å². The van der Waals surface area contributed by atoms with Crippen molar-refractivity contribution in [1.29, 1.82) is 0 Å². The lowest BCUT2D eigenvalue weighted by Crippen LogP contribution is -2.34. The molecule has 0 saturated carbocycles. The van der Waals surface area contributed by atoms with Gasteiger partial charge in [0.25, 0.3) is 11.8 Å². The summed E-state index contributed by atoms with van der Waals surface area (Å²) in [6.07, 6.45) is 17.7. The zero-order chi connectivity index (χ0) is 47.8. The van der Waals surface area contributed by atoms with Gasteiger partial charge in [-0.05, 0) is 131 Å². The quantitative estimate of drug-likeness (QED) is 0.0911. The van der Waals surface area contributed by atoms with Crippen LogP contribution in [0.15, 0.2) is 85.5 Å². The number of aromatic amines is 2. The molecule has 2 aromatic carbocycles. The average molecular weight is 943 g/mol. The van der Waals surface area contributed by atoms with E-state index in [-0.39, 0.29) is 34.7 Å². The molecule has 2 amide bonds. The number of piperidine rings is 2. The largest absolute Gasteiger partial charge is 0.335 e. The van der Waals surface area contributed by atoms with Crippen LogP contribution in [0.2, 0.25) is 0 Å². The number of nitrogens with one attached hydrogen (secondary N) is 5. The Labute approximate surface area is 402 Å². The van der Waals surface area contributed by atoms with Crippen molar-refractivity contribution in [2.45, 2.75) is 104 Å². The molecular formula is C51H66N12O4S. The van der Waals surface area contributed by atoms with Crippen LogP contribution in [-0.4, -0.2) is 98.3 Å². The summed E-state index contributed by atoms with van der Waals surface area (Å²) in [5.74, 6) is 0.680. The van der Waals surface area contributed by atoms with Crippen molar-refractivity contribution < 1.29 is 18.0 Å². The number of rotatable bonds is 10. The topological polar surface area (TPSA) is 201 Å². The Kier molecular flexibility index (Phi) is 15.3. The molecule has 68 heavy (non-hydrogen) atoms. The summed E-state index contributed by atoms with van der Waals surface area (Å²) in [7, 11) is 2.18. The van der Waals surface area contributed by atoms with E-state index in [1.807, 2.05) is 27.8 Å². The standard InChI is InChI=1S/C26H34N6O.C25H32N6O.O2S/c1-26(2)12-9-21-22(15-26)29-30-23(21)25(33)28-20-16-27-32(17-20)24(18-7-5-4-6-8-18)19-10-13-31(3)14-11-19;1-25(2)11-8-20-21(14-25)29-30-22(20)24(32)28-19-15-27-31(16-19)23(17-6-4-3-5-7-17)18-9-12-26-13-10-18;1-3-2/h4-8,16-17,19,24H,9-15H2,1-3H3,(H,28,33)(H,29,30);3-7,15-16,18,23,26H,8-14H2,1-2H3,(H,28,32)(H,29,30);. The van der Waals surface area contributed by atoms with Gasteiger partial charge in [0.15, 0.2) is 11.4 Å². The number of aromatic nitrogens is 8. The molecule has 360 valence electrons. The average Bonchev–Trinajstić information content (AvgIpc) is 4.16. The maximum atomic E-state index is 13.1. The fraction of sp³-hybridized carbons (Fsp3) is 0.490. The molecule has 2 aliphatic carbocycles. The Bertz CT molecular complexity index is 2650. The highest BCUT2D eigenvalue weighted by Gasteiger charge is 2.34. The molecular weight excluding hydrogens is 877 g/mol. The highest BCUT2D eigenvalue weighted by atomic mass is 32.1. The minimum Gasteiger partial charge on any atom is -0.318 e.